The molecule has 0 rings (SSSR count). The molecule has 0 aliphatic rings. The maximum absolute atomic E-state index is 10.5. The summed E-state index contributed by atoms with van der Waals surface area (Å²) in [5.41, 5.74) is 0. The lowest BCUT2D eigenvalue weighted by Gasteiger charge is -2.10. The minimum absolute atomic E-state index is 0.457. The van der Waals surface area contributed by atoms with Gasteiger partial charge in [-0.2, -0.15) is 0 Å². The second kappa shape index (κ2) is 10.1. The highest BCUT2D eigenvalue weighted by Crippen LogP contribution is 1.93. The zero-order chi connectivity index (χ0) is 9.98. The molecule has 0 saturated carbocycles. The zero-order valence-electron chi connectivity index (χ0n) is 7.67. The number of alkyl halides is 1. The first-order valence-corrected chi connectivity index (χ1v) is 3.53. The Balaban J connectivity index is 0. The van der Waals surface area contributed by atoms with Crippen LogP contribution in [0.3, 0.4) is 0 Å². The van der Waals surface area contributed by atoms with Gasteiger partial charge in [0.1, 0.15) is 0 Å². The van der Waals surface area contributed by atoms with Gasteiger partial charge in [0.05, 0.1) is 7.18 Å². The van der Waals surface area contributed by atoms with Crippen molar-refractivity contribution in [1.82, 2.24) is 0 Å². The fourth-order valence-corrected chi connectivity index (χ4v) is 0.480. The fraction of sp³-hybridized carbons (Fsp3) is 0.625. The van der Waals surface area contributed by atoms with Crippen LogP contribution in [0.15, 0.2) is 12.7 Å². The van der Waals surface area contributed by atoms with Crippen LogP contribution in [0.1, 0.15) is 13.8 Å². The van der Waals surface area contributed by atoms with Gasteiger partial charge in [0.25, 0.3) is 0 Å². The molecule has 0 saturated heterocycles. The number of rotatable bonds is 4. The smallest absolute Gasteiger partial charge is 0.332 e. The van der Waals surface area contributed by atoms with E-state index in [2.05, 4.69) is 11.3 Å². The normalized spacial score (nSPS) is 10.7. The first-order chi connectivity index (χ1) is 5.70. The number of hydrogen-bond acceptors (Lipinski definition) is 3. The van der Waals surface area contributed by atoms with Gasteiger partial charge in [0.2, 0.25) is 0 Å². The molecule has 1 unspecified atom stereocenters. The molecule has 0 spiro atoms. The average molecular weight is 178 g/mol. The largest absolute Gasteiger partial charge is 0.433 e. The quantitative estimate of drug-likeness (QED) is 0.373. The van der Waals surface area contributed by atoms with E-state index in [1.807, 2.05) is 6.92 Å². The highest BCUT2D eigenvalue weighted by Gasteiger charge is 2.03. The standard InChI is InChI=1S/C7H12O3.CH3F/c1-4-7(8)10-6(3)9-5-2;1-2/h4,6H,1,5H2,2-3H3;1H3. The third-order valence-corrected chi connectivity index (χ3v) is 0.850. The van der Waals surface area contributed by atoms with E-state index in [1.165, 1.54) is 0 Å². The molecule has 12 heavy (non-hydrogen) atoms. The summed E-state index contributed by atoms with van der Waals surface area (Å²) in [4.78, 5) is 10.5. The molecule has 0 N–H and O–H groups in total. The van der Waals surface area contributed by atoms with Crippen molar-refractivity contribution < 1.29 is 18.7 Å². The number of esters is 1. The van der Waals surface area contributed by atoms with Crippen molar-refractivity contribution in [1.29, 1.82) is 0 Å². The fourth-order valence-electron chi connectivity index (χ4n) is 0.480. The Bertz CT molecular complexity index is 125. The second-order valence-electron chi connectivity index (χ2n) is 1.66. The second-order valence-corrected chi connectivity index (χ2v) is 1.66. The molecule has 3 nitrogen and oxygen atoms in total. The first-order valence-electron chi connectivity index (χ1n) is 3.53. The molecule has 0 aromatic rings. The molecule has 4 heteroatoms. The molecule has 0 fully saturated rings. The van der Waals surface area contributed by atoms with Gasteiger partial charge in [-0.1, -0.05) is 6.58 Å². The summed E-state index contributed by atoms with van der Waals surface area (Å²) in [5, 5.41) is 0. The molecule has 0 amide bonds. The lowest BCUT2D eigenvalue weighted by atomic mass is 10.6. The highest BCUT2D eigenvalue weighted by atomic mass is 19.1. The maximum atomic E-state index is 10.5. The topological polar surface area (TPSA) is 35.5 Å². The van der Waals surface area contributed by atoms with Gasteiger partial charge in [-0.3, -0.25) is 4.39 Å². The molecular formula is C8H15FO3. The number of ether oxygens (including phenoxy) is 2. The summed E-state index contributed by atoms with van der Waals surface area (Å²) in [6, 6.07) is 0. The predicted octanol–water partition coefficient (Wildman–Crippen LogP) is 1.68. The summed E-state index contributed by atoms with van der Waals surface area (Å²) in [6.07, 6.45) is 0.630. The summed E-state index contributed by atoms with van der Waals surface area (Å²) in [6.45, 7) is 7.27. The van der Waals surface area contributed by atoms with Crippen LogP contribution >= 0.6 is 0 Å². The number of carbonyl (C=O) groups excluding carboxylic acids is 1. The Morgan fingerprint density at radius 3 is 2.50 bits per heavy atom. The van der Waals surface area contributed by atoms with Crippen LogP contribution in [0.4, 0.5) is 4.39 Å². The van der Waals surface area contributed by atoms with Crippen LogP contribution in [-0.4, -0.2) is 26.0 Å². The Hall–Kier alpha value is -0.900. The Morgan fingerprint density at radius 2 is 2.17 bits per heavy atom. The minimum Gasteiger partial charge on any atom is -0.433 e. The summed E-state index contributed by atoms with van der Waals surface area (Å²) in [7, 11) is 0.500. The molecule has 0 aromatic carbocycles. The van der Waals surface area contributed by atoms with Gasteiger partial charge in [-0.15, -0.1) is 0 Å². The van der Waals surface area contributed by atoms with Crippen molar-refractivity contribution in [2.75, 3.05) is 13.8 Å². The van der Waals surface area contributed by atoms with Crippen molar-refractivity contribution in [2.24, 2.45) is 0 Å². The van der Waals surface area contributed by atoms with Crippen molar-refractivity contribution in [2.45, 2.75) is 20.1 Å². The number of hydrogen-bond donors (Lipinski definition) is 0. The van der Waals surface area contributed by atoms with Gasteiger partial charge in [-0.25, -0.2) is 4.79 Å². The van der Waals surface area contributed by atoms with Crippen LogP contribution < -0.4 is 0 Å². The van der Waals surface area contributed by atoms with Crippen LogP contribution in [0.2, 0.25) is 0 Å². The summed E-state index contributed by atoms with van der Waals surface area (Å²) in [5.74, 6) is -0.457. The van der Waals surface area contributed by atoms with Gasteiger partial charge in [-0.05, 0) is 13.8 Å². The van der Waals surface area contributed by atoms with Crippen molar-refractivity contribution in [3.63, 3.8) is 0 Å². The van der Waals surface area contributed by atoms with Crippen molar-refractivity contribution in [3.05, 3.63) is 12.7 Å². The first kappa shape index (κ1) is 13.7. The van der Waals surface area contributed by atoms with E-state index >= 15 is 0 Å². The van der Waals surface area contributed by atoms with E-state index < -0.39 is 12.3 Å². The highest BCUT2D eigenvalue weighted by molar-refractivity contribution is 5.81. The van der Waals surface area contributed by atoms with Gasteiger partial charge in [0.15, 0.2) is 6.29 Å². The average Bonchev–Trinajstić information content (AvgIpc) is 2.08. The lowest BCUT2D eigenvalue weighted by Crippen LogP contribution is -2.16. The van der Waals surface area contributed by atoms with E-state index in [0.717, 1.165) is 6.08 Å². The third kappa shape index (κ3) is 9.10. The lowest BCUT2D eigenvalue weighted by molar-refractivity contribution is -0.167. The van der Waals surface area contributed by atoms with Crippen molar-refractivity contribution >= 4 is 5.97 Å². The van der Waals surface area contributed by atoms with Crippen molar-refractivity contribution in [3.8, 4) is 0 Å². The predicted molar refractivity (Wildman–Crippen MR) is 44.4 cm³/mol. The monoisotopic (exact) mass is 178 g/mol. The van der Waals surface area contributed by atoms with Crippen LogP contribution in [0.25, 0.3) is 0 Å². The molecule has 0 radical (unpaired) electrons. The van der Waals surface area contributed by atoms with E-state index in [4.69, 9.17) is 4.74 Å². The number of halogens is 1. The van der Waals surface area contributed by atoms with E-state index in [1.54, 1.807) is 6.92 Å². The minimum atomic E-state index is -0.476. The Labute approximate surface area is 72.2 Å². The molecule has 0 heterocycles. The Kier molecular flexibility index (Phi) is 11.5. The zero-order valence-corrected chi connectivity index (χ0v) is 7.67. The molecule has 0 bridgehead atoms. The number of carbonyl (C=O) groups is 1. The van der Waals surface area contributed by atoms with Gasteiger partial charge >= 0.3 is 5.97 Å². The molecule has 0 aliphatic heterocycles. The molecule has 72 valence electrons. The van der Waals surface area contributed by atoms with Gasteiger partial charge in [0, 0.05) is 12.7 Å². The third-order valence-electron chi connectivity index (χ3n) is 0.850. The molecule has 1 atom stereocenters. The van der Waals surface area contributed by atoms with E-state index in [9.17, 15) is 9.18 Å². The SMILES string of the molecule is C=CC(=O)OC(C)OCC.CF. The van der Waals surface area contributed by atoms with Gasteiger partial charge < -0.3 is 9.47 Å². The summed E-state index contributed by atoms with van der Waals surface area (Å²) < 4.78 is 19.1. The van der Waals surface area contributed by atoms with E-state index in [-0.39, 0.29) is 0 Å². The maximum Gasteiger partial charge on any atom is 0.332 e. The van der Waals surface area contributed by atoms with Crippen LogP contribution in [0.5, 0.6) is 0 Å². The Morgan fingerprint density at radius 1 is 1.67 bits per heavy atom. The van der Waals surface area contributed by atoms with Crippen LogP contribution in [0, 0.1) is 0 Å². The summed E-state index contributed by atoms with van der Waals surface area (Å²) >= 11 is 0. The molecule has 0 aliphatic carbocycles. The van der Waals surface area contributed by atoms with Crippen LogP contribution in [-0.2, 0) is 14.3 Å². The molecular weight excluding hydrogens is 163 g/mol. The van der Waals surface area contributed by atoms with E-state index in [0.29, 0.717) is 13.8 Å². The molecule has 0 aromatic heterocycles.